The van der Waals surface area contributed by atoms with Crippen molar-refractivity contribution in [3.63, 3.8) is 0 Å². The highest BCUT2D eigenvalue weighted by atomic mass is 79.9. The van der Waals surface area contributed by atoms with Crippen molar-refractivity contribution in [3.05, 3.63) is 74.7 Å². The normalized spacial score (nSPS) is 10.9. The van der Waals surface area contributed by atoms with Crippen molar-refractivity contribution in [1.29, 1.82) is 5.26 Å². The smallest absolute Gasteiger partial charge is 0.203 e. The summed E-state index contributed by atoms with van der Waals surface area (Å²) in [5.74, 6) is -0.316. The van der Waals surface area contributed by atoms with Gasteiger partial charge >= 0.3 is 0 Å². The van der Waals surface area contributed by atoms with E-state index in [1.54, 1.807) is 30.3 Å². The highest BCUT2D eigenvalue weighted by Gasteiger charge is 2.11. The summed E-state index contributed by atoms with van der Waals surface area (Å²) in [7, 11) is 0. The molecule has 2 rings (SSSR count). The largest absolute Gasteiger partial charge is 0.288 e. The zero-order chi connectivity index (χ0) is 14.5. The third kappa shape index (κ3) is 3.57. The van der Waals surface area contributed by atoms with Gasteiger partial charge in [0.1, 0.15) is 11.6 Å². The number of ketones is 1. The molecule has 0 saturated heterocycles. The molecular weight excluding hydrogens is 338 g/mol. The molecule has 2 aromatic carbocycles. The van der Waals surface area contributed by atoms with E-state index in [-0.39, 0.29) is 11.4 Å². The van der Waals surface area contributed by atoms with Crippen LogP contribution < -0.4 is 0 Å². The Morgan fingerprint density at radius 3 is 2.50 bits per heavy atom. The van der Waals surface area contributed by atoms with Crippen LogP contribution in [-0.4, -0.2) is 5.78 Å². The van der Waals surface area contributed by atoms with Crippen molar-refractivity contribution < 1.29 is 4.79 Å². The number of hydrogen-bond donors (Lipinski definition) is 0. The van der Waals surface area contributed by atoms with Gasteiger partial charge in [-0.25, -0.2) is 0 Å². The minimum atomic E-state index is -0.316. The second kappa shape index (κ2) is 6.51. The van der Waals surface area contributed by atoms with Crippen molar-refractivity contribution in [2.75, 3.05) is 0 Å². The first kappa shape index (κ1) is 14.5. The molecule has 0 radical (unpaired) electrons. The highest BCUT2D eigenvalue weighted by molar-refractivity contribution is 9.10. The second-order valence-corrected chi connectivity index (χ2v) is 5.41. The SMILES string of the molecule is N#C/C(=C\c1cccc(Br)c1)C(=O)c1ccc(Cl)cc1. The Morgan fingerprint density at radius 1 is 1.20 bits per heavy atom. The molecule has 0 atom stereocenters. The van der Waals surface area contributed by atoms with E-state index in [4.69, 9.17) is 16.9 Å². The third-order valence-corrected chi connectivity index (χ3v) is 3.38. The monoisotopic (exact) mass is 345 g/mol. The van der Waals surface area contributed by atoms with E-state index in [9.17, 15) is 4.79 Å². The number of nitriles is 1. The minimum Gasteiger partial charge on any atom is -0.288 e. The van der Waals surface area contributed by atoms with Crippen LogP contribution in [0.1, 0.15) is 15.9 Å². The van der Waals surface area contributed by atoms with E-state index in [2.05, 4.69) is 15.9 Å². The molecule has 0 fully saturated rings. The molecule has 0 unspecified atom stereocenters. The van der Waals surface area contributed by atoms with Crippen LogP contribution in [0.15, 0.2) is 58.6 Å². The fourth-order valence-electron chi connectivity index (χ4n) is 1.67. The summed E-state index contributed by atoms with van der Waals surface area (Å²) < 4.78 is 0.891. The molecule has 2 nitrogen and oxygen atoms in total. The Labute approximate surface area is 130 Å². The van der Waals surface area contributed by atoms with E-state index >= 15 is 0 Å². The number of hydrogen-bond acceptors (Lipinski definition) is 2. The van der Waals surface area contributed by atoms with Gasteiger partial charge in [0.25, 0.3) is 0 Å². The molecule has 20 heavy (non-hydrogen) atoms. The van der Waals surface area contributed by atoms with E-state index in [1.165, 1.54) is 0 Å². The van der Waals surface area contributed by atoms with Gasteiger partial charge in [-0.3, -0.25) is 4.79 Å². The maximum atomic E-state index is 12.2. The van der Waals surface area contributed by atoms with Gasteiger partial charge < -0.3 is 0 Å². The van der Waals surface area contributed by atoms with E-state index in [1.807, 2.05) is 30.3 Å². The first-order valence-electron chi connectivity index (χ1n) is 5.78. The number of rotatable bonds is 3. The Morgan fingerprint density at radius 2 is 1.90 bits per heavy atom. The molecule has 0 N–H and O–H groups in total. The predicted molar refractivity (Wildman–Crippen MR) is 83.5 cm³/mol. The third-order valence-electron chi connectivity index (χ3n) is 2.63. The summed E-state index contributed by atoms with van der Waals surface area (Å²) in [5, 5.41) is 9.72. The predicted octanol–water partition coefficient (Wildman–Crippen LogP) is 4.89. The molecule has 0 amide bonds. The zero-order valence-corrected chi connectivity index (χ0v) is 12.6. The lowest BCUT2D eigenvalue weighted by atomic mass is 10.0. The van der Waals surface area contributed by atoms with Crippen molar-refractivity contribution in [2.24, 2.45) is 0 Å². The summed E-state index contributed by atoms with van der Waals surface area (Å²) in [6.07, 6.45) is 1.57. The van der Waals surface area contributed by atoms with Crippen molar-refractivity contribution in [2.45, 2.75) is 0 Å². The first-order chi connectivity index (χ1) is 9.60. The number of Topliss-reactive ketones (excluding diaryl/α,β-unsaturated/α-hetero) is 1. The lowest BCUT2D eigenvalue weighted by molar-refractivity contribution is 0.104. The molecule has 0 bridgehead atoms. The molecule has 4 heteroatoms. The molecule has 0 aliphatic rings. The van der Waals surface area contributed by atoms with Crippen molar-refractivity contribution >= 4 is 39.4 Å². The van der Waals surface area contributed by atoms with Gasteiger partial charge in [-0.15, -0.1) is 0 Å². The molecule has 98 valence electrons. The summed E-state index contributed by atoms with van der Waals surface area (Å²) in [6.45, 7) is 0. The van der Waals surface area contributed by atoms with Crippen LogP contribution >= 0.6 is 27.5 Å². The number of halogens is 2. The van der Waals surface area contributed by atoms with Crippen LogP contribution in [0.2, 0.25) is 5.02 Å². The van der Waals surface area contributed by atoms with Gasteiger partial charge in [0, 0.05) is 15.1 Å². The van der Waals surface area contributed by atoms with Crippen LogP contribution in [-0.2, 0) is 0 Å². The van der Waals surface area contributed by atoms with Gasteiger partial charge in [-0.05, 0) is 48.0 Å². The Balaban J connectivity index is 2.35. The van der Waals surface area contributed by atoms with Gasteiger partial charge in [0.2, 0.25) is 5.78 Å². The summed E-state index contributed by atoms with van der Waals surface area (Å²) in [4.78, 5) is 12.2. The van der Waals surface area contributed by atoms with Gasteiger partial charge in [-0.1, -0.05) is 39.7 Å². The standard InChI is InChI=1S/C16H9BrClNO/c17-14-3-1-2-11(9-14)8-13(10-19)16(20)12-4-6-15(18)7-5-12/h1-9H/b13-8+. The topological polar surface area (TPSA) is 40.9 Å². The Hall–Kier alpha value is -1.89. The quantitative estimate of drug-likeness (QED) is 0.451. The average molecular weight is 347 g/mol. The van der Waals surface area contributed by atoms with Crippen molar-refractivity contribution in [3.8, 4) is 6.07 Å². The van der Waals surface area contributed by atoms with Gasteiger partial charge in [-0.2, -0.15) is 5.26 Å². The maximum Gasteiger partial charge on any atom is 0.203 e. The molecule has 0 spiro atoms. The number of carbonyl (C=O) groups excluding carboxylic acids is 1. The van der Waals surface area contributed by atoms with Crippen molar-refractivity contribution in [1.82, 2.24) is 0 Å². The van der Waals surface area contributed by atoms with Crippen LogP contribution in [0.5, 0.6) is 0 Å². The molecule has 0 aromatic heterocycles. The highest BCUT2D eigenvalue weighted by Crippen LogP contribution is 2.17. The van der Waals surface area contributed by atoms with Crippen LogP contribution in [0.25, 0.3) is 6.08 Å². The summed E-state index contributed by atoms with van der Waals surface area (Å²) in [6, 6.07) is 15.8. The fourth-order valence-corrected chi connectivity index (χ4v) is 2.21. The number of carbonyl (C=O) groups is 1. The van der Waals surface area contributed by atoms with E-state index in [0.29, 0.717) is 10.6 Å². The molecule has 0 saturated carbocycles. The number of nitrogens with zero attached hydrogens (tertiary/aromatic N) is 1. The number of benzene rings is 2. The fraction of sp³-hybridized carbons (Fsp3) is 0. The van der Waals surface area contributed by atoms with E-state index in [0.717, 1.165) is 10.0 Å². The van der Waals surface area contributed by atoms with Crippen LogP contribution in [0.3, 0.4) is 0 Å². The summed E-state index contributed by atoms with van der Waals surface area (Å²) >= 11 is 9.13. The van der Waals surface area contributed by atoms with Gasteiger partial charge in [0.15, 0.2) is 0 Å². The van der Waals surface area contributed by atoms with Crippen LogP contribution in [0, 0.1) is 11.3 Å². The van der Waals surface area contributed by atoms with Gasteiger partial charge in [0.05, 0.1) is 0 Å². The van der Waals surface area contributed by atoms with Crippen LogP contribution in [0.4, 0.5) is 0 Å². The second-order valence-electron chi connectivity index (χ2n) is 4.06. The first-order valence-corrected chi connectivity index (χ1v) is 6.95. The Kier molecular flexibility index (Phi) is 4.73. The minimum absolute atomic E-state index is 0.0884. The molecule has 0 aliphatic heterocycles. The molecular formula is C16H9BrClNO. The summed E-state index contributed by atoms with van der Waals surface area (Å²) in [5.41, 5.74) is 1.32. The number of allylic oxidation sites excluding steroid dienone is 1. The molecule has 2 aromatic rings. The van der Waals surface area contributed by atoms with E-state index < -0.39 is 0 Å². The molecule has 0 aliphatic carbocycles. The lowest BCUT2D eigenvalue weighted by Gasteiger charge is -2.00. The zero-order valence-electron chi connectivity index (χ0n) is 10.3. The average Bonchev–Trinajstić information content (AvgIpc) is 2.45. The maximum absolute atomic E-state index is 12.2. The Bertz CT molecular complexity index is 714. The lowest BCUT2D eigenvalue weighted by Crippen LogP contribution is -2.01. The molecule has 0 heterocycles.